The van der Waals surface area contributed by atoms with Gasteiger partial charge in [-0.15, -0.1) is 0 Å². The predicted molar refractivity (Wildman–Crippen MR) is 81.6 cm³/mol. The summed E-state index contributed by atoms with van der Waals surface area (Å²) in [5, 5.41) is 8.86. The first-order valence-electron chi connectivity index (χ1n) is 7.42. The first-order chi connectivity index (χ1) is 11.2. The number of carboxylic acids is 1. The largest absolute Gasteiger partial charge is 0.478 e. The number of rotatable bonds is 4. The van der Waals surface area contributed by atoms with Gasteiger partial charge < -0.3 is 9.84 Å². The fourth-order valence-electron chi connectivity index (χ4n) is 2.71. The van der Waals surface area contributed by atoms with Crippen LogP contribution in [0.2, 0.25) is 0 Å². The Balaban J connectivity index is 1.82. The minimum atomic E-state index is -4.24. The van der Waals surface area contributed by atoms with Crippen molar-refractivity contribution in [2.75, 3.05) is 0 Å². The Labute approximate surface area is 136 Å². The highest BCUT2D eigenvalue weighted by atomic mass is 19.4. The number of benzene rings is 2. The highest BCUT2D eigenvalue weighted by Gasteiger charge is 2.64. The molecule has 0 amide bonds. The molecule has 1 saturated carbocycles. The number of halogens is 3. The number of hydrogen-bond acceptors (Lipinski definition) is 2. The van der Waals surface area contributed by atoms with E-state index in [9.17, 15) is 18.0 Å². The third-order valence-electron chi connectivity index (χ3n) is 4.35. The number of carboxylic acid groups (broad SMARTS) is 1. The third-order valence-corrected chi connectivity index (χ3v) is 4.35. The average Bonchev–Trinajstić information content (AvgIpc) is 3.31. The number of hydrogen-bond donors (Lipinski definition) is 1. The van der Waals surface area contributed by atoms with E-state index in [2.05, 4.69) is 0 Å². The van der Waals surface area contributed by atoms with Gasteiger partial charge in [-0.2, -0.15) is 13.2 Å². The van der Waals surface area contributed by atoms with E-state index in [0.717, 1.165) is 0 Å². The zero-order valence-corrected chi connectivity index (χ0v) is 12.9. The van der Waals surface area contributed by atoms with Crippen molar-refractivity contribution in [1.82, 2.24) is 0 Å². The SMILES string of the molecule is Cc1cc(C2(C(F)(F)F)CC2)ccc1Oc1ccc(C(=O)O)cc1. The van der Waals surface area contributed by atoms with Crippen molar-refractivity contribution in [3.63, 3.8) is 0 Å². The molecule has 2 aromatic carbocycles. The van der Waals surface area contributed by atoms with Crippen molar-refractivity contribution >= 4 is 5.97 Å². The average molecular weight is 336 g/mol. The van der Waals surface area contributed by atoms with Gasteiger partial charge in [0.2, 0.25) is 0 Å². The van der Waals surface area contributed by atoms with E-state index < -0.39 is 17.6 Å². The molecule has 2 aromatic rings. The smallest absolute Gasteiger partial charge is 0.398 e. The second-order valence-electron chi connectivity index (χ2n) is 5.99. The van der Waals surface area contributed by atoms with E-state index in [1.54, 1.807) is 6.92 Å². The molecule has 1 N–H and O–H groups in total. The van der Waals surface area contributed by atoms with Gasteiger partial charge in [0.1, 0.15) is 11.5 Å². The molecule has 1 aliphatic rings. The number of ether oxygens (including phenoxy) is 1. The molecule has 3 rings (SSSR count). The molecule has 0 atom stereocenters. The summed E-state index contributed by atoms with van der Waals surface area (Å²) in [5.74, 6) is -0.170. The van der Waals surface area contributed by atoms with E-state index in [1.165, 1.54) is 42.5 Å². The molecule has 3 nitrogen and oxygen atoms in total. The van der Waals surface area contributed by atoms with Gasteiger partial charge in [0.15, 0.2) is 0 Å². The first-order valence-corrected chi connectivity index (χ1v) is 7.42. The second-order valence-corrected chi connectivity index (χ2v) is 5.99. The number of aryl methyl sites for hydroxylation is 1. The van der Waals surface area contributed by atoms with Crippen LogP contribution in [0.15, 0.2) is 42.5 Å². The Morgan fingerprint density at radius 3 is 2.21 bits per heavy atom. The Kier molecular flexibility index (Phi) is 3.78. The lowest BCUT2D eigenvalue weighted by Crippen LogP contribution is -2.28. The topological polar surface area (TPSA) is 46.5 Å². The fourth-order valence-corrected chi connectivity index (χ4v) is 2.71. The first kappa shape index (κ1) is 16.4. The Morgan fingerprint density at radius 1 is 1.12 bits per heavy atom. The summed E-state index contributed by atoms with van der Waals surface area (Å²) in [6, 6.07) is 10.3. The number of carbonyl (C=O) groups is 1. The molecule has 0 radical (unpaired) electrons. The summed E-state index contributed by atoms with van der Waals surface area (Å²) in [5.41, 5.74) is -0.707. The summed E-state index contributed by atoms with van der Waals surface area (Å²) >= 11 is 0. The summed E-state index contributed by atoms with van der Waals surface area (Å²) in [6.07, 6.45) is -4.01. The zero-order chi connectivity index (χ0) is 17.5. The van der Waals surface area contributed by atoms with Crippen LogP contribution >= 0.6 is 0 Å². The zero-order valence-electron chi connectivity index (χ0n) is 12.9. The van der Waals surface area contributed by atoms with Crippen LogP contribution in [-0.2, 0) is 5.41 Å². The van der Waals surface area contributed by atoms with Crippen LogP contribution in [0.5, 0.6) is 11.5 Å². The van der Waals surface area contributed by atoms with E-state index in [-0.39, 0.29) is 24.0 Å². The highest BCUT2D eigenvalue weighted by molar-refractivity contribution is 5.87. The van der Waals surface area contributed by atoms with Gasteiger partial charge in [-0.05, 0) is 61.2 Å². The molecule has 0 spiro atoms. The third kappa shape index (κ3) is 2.84. The van der Waals surface area contributed by atoms with E-state index >= 15 is 0 Å². The summed E-state index contributed by atoms with van der Waals surface area (Å²) in [7, 11) is 0. The van der Waals surface area contributed by atoms with Gasteiger partial charge in [-0.1, -0.05) is 12.1 Å². The lowest BCUT2D eigenvalue weighted by atomic mass is 9.93. The monoisotopic (exact) mass is 336 g/mol. The molecule has 1 fully saturated rings. The van der Waals surface area contributed by atoms with Gasteiger partial charge in [0.25, 0.3) is 0 Å². The minimum Gasteiger partial charge on any atom is -0.478 e. The van der Waals surface area contributed by atoms with Crippen LogP contribution in [0.25, 0.3) is 0 Å². The molecule has 24 heavy (non-hydrogen) atoms. The van der Waals surface area contributed by atoms with Gasteiger partial charge in [0, 0.05) is 0 Å². The van der Waals surface area contributed by atoms with Crippen LogP contribution in [-0.4, -0.2) is 17.3 Å². The van der Waals surface area contributed by atoms with Gasteiger partial charge >= 0.3 is 12.1 Å². The number of alkyl halides is 3. The van der Waals surface area contributed by atoms with Crippen LogP contribution in [0, 0.1) is 6.92 Å². The maximum absolute atomic E-state index is 13.2. The maximum Gasteiger partial charge on any atom is 0.398 e. The van der Waals surface area contributed by atoms with Crippen LogP contribution in [0.3, 0.4) is 0 Å². The lowest BCUT2D eigenvalue weighted by molar-refractivity contribution is -0.160. The van der Waals surface area contributed by atoms with Crippen molar-refractivity contribution in [2.24, 2.45) is 0 Å². The van der Waals surface area contributed by atoms with Gasteiger partial charge in [-0.25, -0.2) is 4.79 Å². The number of aromatic carboxylic acids is 1. The molecule has 0 heterocycles. The standard InChI is InChI=1S/C18H15F3O3/c1-11-10-13(17(8-9-17)18(19,20)21)4-7-15(11)24-14-5-2-12(3-6-14)16(22)23/h2-7,10H,8-9H2,1H3,(H,22,23). The van der Waals surface area contributed by atoms with Gasteiger partial charge in [0.05, 0.1) is 11.0 Å². The van der Waals surface area contributed by atoms with Crippen molar-refractivity contribution in [1.29, 1.82) is 0 Å². The molecule has 6 heteroatoms. The molecular weight excluding hydrogens is 321 g/mol. The molecule has 126 valence electrons. The van der Waals surface area contributed by atoms with E-state index in [1.807, 2.05) is 0 Å². The van der Waals surface area contributed by atoms with Crippen LogP contribution < -0.4 is 4.74 Å². The molecule has 0 saturated heterocycles. The molecule has 0 unspecified atom stereocenters. The molecule has 0 aliphatic heterocycles. The second kappa shape index (κ2) is 5.54. The normalized spacial score (nSPS) is 15.8. The van der Waals surface area contributed by atoms with Crippen molar-refractivity contribution in [2.45, 2.75) is 31.4 Å². The summed E-state index contributed by atoms with van der Waals surface area (Å²) in [4.78, 5) is 10.8. The molecular formula is C18H15F3O3. The lowest BCUT2D eigenvalue weighted by Gasteiger charge is -2.20. The Morgan fingerprint density at radius 2 is 1.75 bits per heavy atom. The maximum atomic E-state index is 13.2. The summed E-state index contributed by atoms with van der Waals surface area (Å²) in [6.45, 7) is 1.69. The van der Waals surface area contributed by atoms with Crippen molar-refractivity contribution in [3.8, 4) is 11.5 Å². The molecule has 0 bridgehead atoms. The van der Waals surface area contributed by atoms with Crippen molar-refractivity contribution < 1.29 is 27.8 Å². The highest BCUT2D eigenvalue weighted by Crippen LogP contribution is 2.59. The van der Waals surface area contributed by atoms with Crippen LogP contribution in [0.1, 0.15) is 34.3 Å². The quantitative estimate of drug-likeness (QED) is 0.847. The van der Waals surface area contributed by atoms with Crippen LogP contribution in [0.4, 0.5) is 13.2 Å². The van der Waals surface area contributed by atoms with E-state index in [4.69, 9.17) is 9.84 Å². The van der Waals surface area contributed by atoms with E-state index in [0.29, 0.717) is 17.1 Å². The Hall–Kier alpha value is -2.50. The molecule has 0 aromatic heterocycles. The minimum absolute atomic E-state index is 0.118. The Bertz CT molecular complexity index is 775. The van der Waals surface area contributed by atoms with Gasteiger partial charge in [-0.3, -0.25) is 0 Å². The fraction of sp³-hybridized carbons (Fsp3) is 0.278. The molecule has 1 aliphatic carbocycles. The predicted octanol–water partition coefficient (Wildman–Crippen LogP) is 5.08. The summed E-state index contributed by atoms with van der Waals surface area (Å²) < 4.78 is 45.2. The van der Waals surface area contributed by atoms with Crippen molar-refractivity contribution in [3.05, 3.63) is 59.2 Å².